The maximum Gasteiger partial charge on any atom is 0.337 e. The quantitative estimate of drug-likeness (QED) is 0.596. The first kappa shape index (κ1) is 11.1. The molecule has 0 saturated heterocycles. The van der Waals surface area contributed by atoms with Crippen LogP contribution in [0.4, 0.5) is 0 Å². The summed E-state index contributed by atoms with van der Waals surface area (Å²) in [6.45, 7) is 0. The van der Waals surface area contributed by atoms with Crippen LogP contribution in [0.5, 0.6) is 0 Å². The fraction of sp³-hybridized carbons (Fsp3) is 0.0833. The molecule has 0 aliphatic carbocycles. The summed E-state index contributed by atoms with van der Waals surface area (Å²) in [5.41, 5.74) is 1.97. The highest BCUT2D eigenvalue weighted by Crippen LogP contribution is 2.21. The van der Waals surface area contributed by atoms with Crippen LogP contribution in [0.3, 0.4) is 0 Å². The van der Waals surface area contributed by atoms with Gasteiger partial charge in [0.05, 0.1) is 18.2 Å². The molecule has 2 aromatic rings. The molecule has 1 aromatic carbocycles. The maximum absolute atomic E-state index is 11.2. The Bertz CT molecular complexity index is 542. The molecule has 0 unspecified atom stereocenters. The first-order valence-corrected chi connectivity index (χ1v) is 4.84. The normalized spacial score (nSPS) is 9.94. The Labute approximate surface area is 97.0 Å². The molecule has 5 nitrogen and oxygen atoms in total. The van der Waals surface area contributed by atoms with E-state index in [-0.39, 0.29) is 0 Å². The second kappa shape index (κ2) is 4.61. The number of carbonyl (C=O) groups excluding carboxylic acids is 2. The number of rotatable bonds is 3. The number of aldehydes is 1. The summed E-state index contributed by atoms with van der Waals surface area (Å²) < 4.78 is 9.30. The van der Waals surface area contributed by atoms with E-state index in [0.29, 0.717) is 28.7 Å². The molecule has 0 amide bonds. The smallest absolute Gasteiger partial charge is 0.337 e. The third kappa shape index (κ3) is 2.08. The Balaban J connectivity index is 2.36. The van der Waals surface area contributed by atoms with E-state index in [1.54, 1.807) is 24.3 Å². The Morgan fingerprint density at radius 1 is 1.35 bits per heavy atom. The maximum atomic E-state index is 11.2. The number of carbonyl (C=O) groups is 2. The number of esters is 1. The van der Waals surface area contributed by atoms with Crippen molar-refractivity contribution in [1.82, 2.24) is 5.16 Å². The third-order valence-corrected chi connectivity index (χ3v) is 2.30. The second-order valence-electron chi connectivity index (χ2n) is 3.31. The zero-order valence-corrected chi connectivity index (χ0v) is 9.04. The van der Waals surface area contributed by atoms with E-state index in [0.717, 1.165) is 0 Å². The molecule has 0 fully saturated rings. The van der Waals surface area contributed by atoms with Crippen molar-refractivity contribution < 1.29 is 18.8 Å². The average Bonchev–Trinajstić information content (AvgIpc) is 2.86. The van der Waals surface area contributed by atoms with Crippen LogP contribution in [0.15, 0.2) is 35.1 Å². The molecule has 0 aliphatic heterocycles. The van der Waals surface area contributed by atoms with Crippen LogP contribution in [-0.2, 0) is 4.74 Å². The van der Waals surface area contributed by atoms with Crippen molar-refractivity contribution in [3.8, 4) is 11.3 Å². The van der Waals surface area contributed by atoms with Gasteiger partial charge in [-0.05, 0) is 12.1 Å². The number of benzene rings is 1. The fourth-order valence-electron chi connectivity index (χ4n) is 1.43. The predicted octanol–water partition coefficient (Wildman–Crippen LogP) is 1.94. The van der Waals surface area contributed by atoms with Gasteiger partial charge in [0.1, 0.15) is 12.0 Å². The topological polar surface area (TPSA) is 69.4 Å². The fourth-order valence-corrected chi connectivity index (χ4v) is 1.43. The van der Waals surface area contributed by atoms with Crippen LogP contribution < -0.4 is 0 Å². The van der Waals surface area contributed by atoms with Gasteiger partial charge in [0.25, 0.3) is 0 Å². The van der Waals surface area contributed by atoms with Gasteiger partial charge < -0.3 is 9.26 Å². The molecule has 86 valence electrons. The molecule has 17 heavy (non-hydrogen) atoms. The lowest BCUT2D eigenvalue weighted by Crippen LogP contribution is -2.00. The van der Waals surface area contributed by atoms with E-state index in [1.807, 2.05) is 0 Å². The molecule has 0 spiro atoms. The van der Waals surface area contributed by atoms with Crippen molar-refractivity contribution in [2.24, 2.45) is 0 Å². The number of aromatic nitrogens is 1. The highest BCUT2D eigenvalue weighted by molar-refractivity contribution is 5.90. The molecular formula is C12H9NO4. The summed E-state index contributed by atoms with van der Waals surface area (Å²) in [6, 6.07) is 6.56. The molecule has 0 bridgehead atoms. The van der Waals surface area contributed by atoms with Gasteiger partial charge in [-0.1, -0.05) is 17.3 Å². The highest BCUT2D eigenvalue weighted by atomic mass is 16.5. The van der Waals surface area contributed by atoms with Crippen LogP contribution in [-0.4, -0.2) is 24.5 Å². The van der Waals surface area contributed by atoms with Crippen molar-refractivity contribution in [3.05, 3.63) is 41.7 Å². The molecule has 1 heterocycles. The summed E-state index contributed by atoms with van der Waals surface area (Å²) in [6.07, 6.45) is 1.94. The molecular weight excluding hydrogens is 222 g/mol. The first-order valence-electron chi connectivity index (χ1n) is 4.84. The van der Waals surface area contributed by atoms with Crippen LogP contribution in [0.25, 0.3) is 11.3 Å². The zero-order chi connectivity index (χ0) is 12.3. The van der Waals surface area contributed by atoms with Crippen molar-refractivity contribution >= 4 is 12.3 Å². The number of hydrogen-bond acceptors (Lipinski definition) is 5. The van der Waals surface area contributed by atoms with E-state index < -0.39 is 5.97 Å². The Hall–Kier alpha value is -2.43. The number of hydrogen-bond donors (Lipinski definition) is 0. The largest absolute Gasteiger partial charge is 0.465 e. The van der Waals surface area contributed by atoms with E-state index in [2.05, 4.69) is 9.89 Å². The third-order valence-electron chi connectivity index (χ3n) is 2.30. The molecule has 5 heteroatoms. The van der Waals surface area contributed by atoms with E-state index >= 15 is 0 Å². The lowest BCUT2D eigenvalue weighted by Gasteiger charge is -2.00. The van der Waals surface area contributed by atoms with Gasteiger partial charge in [0, 0.05) is 5.56 Å². The molecule has 0 saturated carbocycles. The molecule has 1 aromatic heterocycles. The summed E-state index contributed by atoms with van der Waals surface area (Å²) in [5.74, 6) is -0.410. The SMILES string of the molecule is COC(=O)c1ccc(-c2nocc2C=O)cc1. The van der Waals surface area contributed by atoms with E-state index in [9.17, 15) is 9.59 Å². The minimum absolute atomic E-state index is 0.371. The van der Waals surface area contributed by atoms with Crippen molar-refractivity contribution in [1.29, 1.82) is 0 Å². The van der Waals surface area contributed by atoms with Gasteiger partial charge in [-0.3, -0.25) is 4.79 Å². The zero-order valence-electron chi connectivity index (χ0n) is 9.04. The molecule has 0 atom stereocenters. The van der Waals surface area contributed by atoms with Gasteiger partial charge >= 0.3 is 5.97 Å². The lowest BCUT2D eigenvalue weighted by molar-refractivity contribution is 0.0600. The van der Waals surface area contributed by atoms with E-state index in [1.165, 1.54) is 13.4 Å². The minimum atomic E-state index is -0.410. The van der Waals surface area contributed by atoms with Crippen molar-refractivity contribution in [2.75, 3.05) is 7.11 Å². The lowest BCUT2D eigenvalue weighted by atomic mass is 10.1. The number of ether oxygens (including phenoxy) is 1. The minimum Gasteiger partial charge on any atom is -0.465 e. The second-order valence-corrected chi connectivity index (χ2v) is 3.31. The van der Waals surface area contributed by atoms with Gasteiger partial charge in [0.15, 0.2) is 6.29 Å². The van der Waals surface area contributed by atoms with Crippen LogP contribution >= 0.6 is 0 Å². The number of methoxy groups -OCH3 is 1. The first-order chi connectivity index (χ1) is 8.26. The van der Waals surface area contributed by atoms with Crippen LogP contribution in [0.1, 0.15) is 20.7 Å². The van der Waals surface area contributed by atoms with Crippen molar-refractivity contribution in [2.45, 2.75) is 0 Å². The summed E-state index contributed by atoms with van der Waals surface area (Å²) in [5, 5.41) is 3.73. The average molecular weight is 231 g/mol. The standard InChI is InChI=1S/C12H9NO4/c1-16-12(15)9-4-2-8(3-5-9)11-10(6-14)7-17-13-11/h2-7H,1H3. The van der Waals surface area contributed by atoms with Gasteiger partial charge in [-0.15, -0.1) is 0 Å². The summed E-state index contributed by atoms with van der Waals surface area (Å²) in [7, 11) is 1.32. The molecule has 0 radical (unpaired) electrons. The summed E-state index contributed by atoms with van der Waals surface area (Å²) >= 11 is 0. The Morgan fingerprint density at radius 3 is 2.65 bits per heavy atom. The van der Waals surface area contributed by atoms with Crippen LogP contribution in [0, 0.1) is 0 Å². The van der Waals surface area contributed by atoms with Gasteiger partial charge in [-0.25, -0.2) is 4.79 Å². The molecule has 2 rings (SSSR count). The predicted molar refractivity (Wildman–Crippen MR) is 58.7 cm³/mol. The monoisotopic (exact) mass is 231 g/mol. The Morgan fingerprint density at radius 2 is 2.06 bits per heavy atom. The highest BCUT2D eigenvalue weighted by Gasteiger charge is 2.10. The van der Waals surface area contributed by atoms with Crippen molar-refractivity contribution in [3.63, 3.8) is 0 Å². The van der Waals surface area contributed by atoms with Crippen LogP contribution in [0.2, 0.25) is 0 Å². The van der Waals surface area contributed by atoms with Gasteiger partial charge in [-0.2, -0.15) is 0 Å². The molecule has 0 aliphatic rings. The van der Waals surface area contributed by atoms with E-state index in [4.69, 9.17) is 4.52 Å². The van der Waals surface area contributed by atoms with Gasteiger partial charge in [0.2, 0.25) is 0 Å². The Kier molecular flexibility index (Phi) is 3.00. The summed E-state index contributed by atoms with van der Waals surface area (Å²) in [4.78, 5) is 21.9. The molecule has 0 N–H and O–H groups in total. The number of nitrogens with zero attached hydrogens (tertiary/aromatic N) is 1.